The van der Waals surface area contributed by atoms with E-state index in [1.165, 1.54) is 0 Å². The molecule has 0 fully saturated rings. The second kappa shape index (κ2) is 4.05. The van der Waals surface area contributed by atoms with E-state index in [1.807, 2.05) is 0 Å². The highest BCUT2D eigenvalue weighted by Crippen LogP contribution is 1.72. The smallest absolute Gasteiger partial charge is 0.0775 e. The molecule has 0 heterocycles. The molecule has 0 aliphatic rings. The van der Waals surface area contributed by atoms with Crippen LogP contribution in [0.15, 0.2) is 0 Å². The van der Waals surface area contributed by atoms with Crippen LogP contribution in [-0.4, -0.2) is 24.3 Å². The van der Waals surface area contributed by atoms with E-state index in [0.717, 1.165) is 0 Å². The Bertz CT molecular complexity index is 40.7. The summed E-state index contributed by atoms with van der Waals surface area (Å²) in [6, 6.07) is 0. The average molecular weight is 102 g/mol. The lowest BCUT2D eigenvalue weighted by Crippen LogP contribution is -2.26. The molecule has 0 bridgehead atoms. The van der Waals surface area contributed by atoms with Crippen LogP contribution >= 0.6 is 0 Å². The lowest BCUT2D eigenvalue weighted by Gasteiger charge is -2.06. The zero-order chi connectivity index (χ0) is 5.70. The van der Waals surface area contributed by atoms with Crippen molar-refractivity contribution in [3.63, 3.8) is 0 Å². The van der Waals surface area contributed by atoms with Crippen molar-refractivity contribution in [1.82, 2.24) is 5.32 Å². The van der Waals surface area contributed by atoms with Gasteiger partial charge in [0.2, 0.25) is 0 Å². The molecular formula is C4H10N2O-. The minimum absolute atomic E-state index is 0.263. The van der Waals surface area contributed by atoms with E-state index in [0.29, 0.717) is 6.54 Å². The van der Waals surface area contributed by atoms with Crippen molar-refractivity contribution in [2.75, 3.05) is 13.1 Å². The van der Waals surface area contributed by atoms with Gasteiger partial charge in [-0.1, -0.05) is 0 Å². The molecule has 1 atom stereocenters. The summed E-state index contributed by atoms with van der Waals surface area (Å²) in [5.74, 6) is 0. The fourth-order valence-corrected chi connectivity index (χ4v) is 0.224. The van der Waals surface area contributed by atoms with Crippen molar-refractivity contribution >= 4 is 0 Å². The van der Waals surface area contributed by atoms with Crippen LogP contribution in [0.25, 0.3) is 0 Å². The van der Waals surface area contributed by atoms with Crippen LogP contribution in [0.4, 0.5) is 0 Å². The van der Waals surface area contributed by atoms with E-state index in [2.05, 4.69) is 12.4 Å². The Kier molecular flexibility index (Phi) is 3.98. The summed E-state index contributed by atoms with van der Waals surface area (Å²) in [4.78, 5) is 0. The summed E-state index contributed by atoms with van der Waals surface area (Å²) in [7, 11) is 3.18. The van der Waals surface area contributed by atoms with Gasteiger partial charge in [0.05, 0.1) is 6.10 Å². The van der Waals surface area contributed by atoms with Crippen molar-refractivity contribution in [1.29, 1.82) is 0 Å². The highest BCUT2D eigenvalue weighted by molar-refractivity contribution is 4.56. The Hall–Kier alpha value is -0.120. The van der Waals surface area contributed by atoms with Crippen LogP contribution in [-0.2, 0) is 0 Å². The van der Waals surface area contributed by atoms with E-state index in [9.17, 15) is 0 Å². The number of rotatable bonds is 3. The molecule has 0 amide bonds. The average Bonchev–Trinajstić information content (AvgIpc) is 1.68. The van der Waals surface area contributed by atoms with Crippen LogP contribution in [0.5, 0.6) is 0 Å². The molecule has 1 unspecified atom stereocenters. The summed E-state index contributed by atoms with van der Waals surface area (Å²) in [6.45, 7) is 0.607. The van der Waals surface area contributed by atoms with Gasteiger partial charge in [0.15, 0.2) is 0 Å². The first-order valence-corrected chi connectivity index (χ1v) is 2.12. The molecule has 7 heavy (non-hydrogen) atoms. The van der Waals surface area contributed by atoms with Crippen LogP contribution in [0.1, 0.15) is 0 Å². The molecule has 0 spiro atoms. The highest BCUT2D eigenvalue weighted by Gasteiger charge is 1.92. The van der Waals surface area contributed by atoms with Crippen LogP contribution in [0.3, 0.4) is 0 Å². The quantitative estimate of drug-likeness (QED) is 0.435. The number of aliphatic hydroxyl groups is 1. The molecule has 0 rings (SSSR count). The fraction of sp³-hybridized carbons (Fsp3) is 0.750. The third-order valence-electron chi connectivity index (χ3n) is 0.612. The largest absolute Gasteiger partial charge is 0.422 e. The van der Waals surface area contributed by atoms with Crippen molar-refractivity contribution in [2.24, 2.45) is 5.73 Å². The molecule has 3 heteroatoms. The predicted molar refractivity (Wildman–Crippen MR) is 27.4 cm³/mol. The Morgan fingerprint density at radius 3 is 2.57 bits per heavy atom. The molecule has 0 saturated heterocycles. The summed E-state index contributed by atoms with van der Waals surface area (Å²) in [5.41, 5.74) is 5.02. The van der Waals surface area contributed by atoms with Gasteiger partial charge in [0.1, 0.15) is 0 Å². The first-order valence-electron chi connectivity index (χ1n) is 2.12. The number of nitrogens with zero attached hydrogens (tertiary/aromatic N) is 1. The monoisotopic (exact) mass is 102 g/mol. The Morgan fingerprint density at radius 2 is 2.43 bits per heavy atom. The van der Waals surface area contributed by atoms with Gasteiger partial charge >= 0.3 is 0 Å². The standard InChI is InChI=1S/C4H10N2O/c1-6-3-4(7)2-5/h4,7H,1-3,5H2/q-1. The number of aliphatic hydroxyl groups excluding tert-OH is 1. The summed E-state index contributed by atoms with van der Waals surface area (Å²) < 4.78 is 0. The minimum atomic E-state index is -0.502. The second-order valence-electron chi connectivity index (χ2n) is 1.30. The molecule has 0 aliphatic carbocycles. The molecular weight excluding hydrogens is 92.1 g/mol. The zero-order valence-electron chi connectivity index (χ0n) is 4.17. The van der Waals surface area contributed by atoms with Crippen molar-refractivity contribution in [2.45, 2.75) is 6.10 Å². The highest BCUT2D eigenvalue weighted by atomic mass is 16.3. The molecule has 0 aromatic rings. The maximum Gasteiger partial charge on any atom is 0.0775 e. The Balaban J connectivity index is 2.83. The Morgan fingerprint density at radius 1 is 1.86 bits per heavy atom. The number of hydrogen-bond acceptors (Lipinski definition) is 2. The lowest BCUT2D eigenvalue weighted by molar-refractivity contribution is 0.183. The maximum atomic E-state index is 8.60. The number of nitrogens with two attached hydrogens (primary N) is 1. The topological polar surface area (TPSA) is 60.3 Å². The molecule has 3 N–H and O–H groups in total. The lowest BCUT2D eigenvalue weighted by atomic mass is 10.4. The third kappa shape index (κ3) is 3.72. The summed E-state index contributed by atoms with van der Waals surface area (Å²) in [5, 5.41) is 12.0. The van der Waals surface area contributed by atoms with Gasteiger partial charge in [-0.25, -0.2) is 0 Å². The van der Waals surface area contributed by atoms with Gasteiger partial charge in [0, 0.05) is 13.1 Å². The van der Waals surface area contributed by atoms with Crippen molar-refractivity contribution in [3.8, 4) is 0 Å². The van der Waals surface area contributed by atoms with Gasteiger partial charge in [-0.3, -0.25) is 7.05 Å². The minimum Gasteiger partial charge on any atom is -0.422 e. The Labute approximate surface area is 43.5 Å². The van der Waals surface area contributed by atoms with Crippen molar-refractivity contribution in [3.05, 3.63) is 7.05 Å². The van der Waals surface area contributed by atoms with Gasteiger partial charge in [0.25, 0.3) is 0 Å². The second-order valence-corrected chi connectivity index (χ2v) is 1.30. The SMILES string of the molecule is [CH2-][N]CC(O)CN. The molecule has 0 aliphatic heterocycles. The van der Waals surface area contributed by atoms with Crippen LogP contribution in [0.2, 0.25) is 0 Å². The van der Waals surface area contributed by atoms with E-state index in [4.69, 9.17) is 10.8 Å². The van der Waals surface area contributed by atoms with E-state index in [1.54, 1.807) is 0 Å². The fourth-order valence-electron chi connectivity index (χ4n) is 0.224. The van der Waals surface area contributed by atoms with Crippen LogP contribution < -0.4 is 11.1 Å². The molecule has 3 nitrogen and oxygen atoms in total. The van der Waals surface area contributed by atoms with Gasteiger partial charge < -0.3 is 16.2 Å². The molecule has 0 aromatic carbocycles. The van der Waals surface area contributed by atoms with E-state index >= 15 is 0 Å². The number of hydrogen-bond donors (Lipinski definition) is 2. The first kappa shape index (κ1) is 6.88. The van der Waals surface area contributed by atoms with E-state index < -0.39 is 6.10 Å². The predicted octanol–water partition coefficient (Wildman–Crippen LogP) is -1.30. The zero-order valence-corrected chi connectivity index (χ0v) is 4.17. The molecule has 43 valence electrons. The normalized spacial score (nSPS) is 14.1. The maximum absolute atomic E-state index is 8.60. The molecule has 1 radical (unpaired) electrons. The van der Waals surface area contributed by atoms with Gasteiger partial charge in [-0.2, -0.15) is 0 Å². The molecule has 0 saturated carbocycles. The summed E-state index contributed by atoms with van der Waals surface area (Å²) in [6.07, 6.45) is -0.502. The molecule has 0 aromatic heterocycles. The van der Waals surface area contributed by atoms with Gasteiger partial charge in [-0.05, 0) is 0 Å². The van der Waals surface area contributed by atoms with Crippen molar-refractivity contribution < 1.29 is 5.11 Å². The summed E-state index contributed by atoms with van der Waals surface area (Å²) >= 11 is 0. The van der Waals surface area contributed by atoms with E-state index in [-0.39, 0.29) is 6.54 Å². The first-order chi connectivity index (χ1) is 3.31. The third-order valence-corrected chi connectivity index (χ3v) is 0.612. The van der Waals surface area contributed by atoms with Gasteiger partial charge in [-0.15, -0.1) is 0 Å². The van der Waals surface area contributed by atoms with Crippen LogP contribution in [0, 0.1) is 7.05 Å².